The molecule has 1 aliphatic rings. The Hall–Kier alpha value is -5.03. The van der Waals surface area contributed by atoms with Gasteiger partial charge in [0.05, 0.1) is 23.6 Å². The van der Waals surface area contributed by atoms with Gasteiger partial charge in [0.25, 0.3) is 5.88 Å². The van der Waals surface area contributed by atoms with Crippen molar-refractivity contribution in [2.45, 2.75) is 68.6 Å². The van der Waals surface area contributed by atoms with E-state index < -0.39 is 15.1 Å². The van der Waals surface area contributed by atoms with E-state index in [2.05, 4.69) is 44.6 Å². The number of hydrogen-bond donors (Lipinski definition) is 2. The van der Waals surface area contributed by atoms with Gasteiger partial charge in [-0.15, -0.1) is 0 Å². The molecule has 2 N–H and O–H groups in total. The molecule has 10 nitrogen and oxygen atoms in total. The first kappa shape index (κ1) is 34.8. The first-order chi connectivity index (χ1) is 24.1. The van der Waals surface area contributed by atoms with Gasteiger partial charge >= 0.3 is 0 Å². The first-order valence-electron chi connectivity index (χ1n) is 17.0. The van der Waals surface area contributed by atoms with E-state index in [4.69, 9.17) is 4.74 Å². The highest BCUT2D eigenvalue weighted by Crippen LogP contribution is 2.40. The van der Waals surface area contributed by atoms with E-state index in [0.717, 1.165) is 47.9 Å². The van der Waals surface area contributed by atoms with Crippen LogP contribution < -0.4 is 10.1 Å². The molecule has 0 aliphatic heterocycles. The van der Waals surface area contributed by atoms with E-state index in [1.54, 1.807) is 36.7 Å². The number of ether oxygens (including phenoxy) is 1. The molecule has 11 heteroatoms. The van der Waals surface area contributed by atoms with Gasteiger partial charge in [-0.25, -0.2) is 13.4 Å². The molecule has 0 radical (unpaired) electrons. The fraction of sp³-hybridized carbons (Fsp3) is 0.333. The summed E-state index contributed by atoms with van der Waals surface area (Å²) in [6, 6.07) is 24.6. The number of aromatic nitrogens is 4. The average molecular weight is 694 g/mol. The second kappa shape index (κ2) is 15.2. The Morgan fingerprint density at radius 2 is 1.64 bits per heavy atom. The zero-order valence-electron chi connectivity index (χ0n) is 28.6. The molecule has 3 aromatic carbocycles. The van der Waals surface area contributed by atoms with Gasteiger partial charge < -0.3 is 15.2 Å². The van der Waals surface area contributed by atoms with Gasteiger partial charge in [-0.05, 0) is 80.2 Å². The van der Waals surface area contributed by atoms with Gasteiger partial charge in [-0.3, -0.25) is 9.48 Å². The van der Waals surface area contributed by atoms with Crippen LogP contribution in [0.4, 0.5) is 0 Å². The lowest BCUT2D eigenvalue weighted by molar-refractivity contribution is -0.124. The molecule has 260 valence electrons. The number of aromatic hydroxyl groups is 1. The number of sulfone groups is 1. The van der Waals surface area contributed by atoms with Crippen LogP contribution in [0.5, 0.6) is 17.4 Å². The zero-order valence-corrected chi connectivity index (χ0v) is 29.4. The highest BCUT2D eigenvalue weighted by Gasteiger charge is 2.34. The molecule has 1 atom stereocenters. The quantitative estimate of drug-likeness (QED) is 0.143. The van der Waals surface area contributed by atoms with Gasteiger partial charge in [-0.2, -0.15) is 10.1 Å². The first-order valence-corrected chi connectivity index (χ1v) is 18.6. The van der Waals surface area contributed by atoms with Crippen LogP contribution in [0.3, 0.4) is 0 Å². The summed E-state index contributed by atoms with van der Waals surface area (Å²) in [5.41, 5.74) is 4.13. The molecule has 1 fully saturated rings. The molecule has 0 spiro atoms. The molecule has 5 aromatic rings. The lowest BCUT2D eigenvalue weighted by Crippen LogP contribution is -2.35. The van der Waals surface area contributed by atoms with Gasteiger partial charge in [0, 0.05) is 31.8 Å². The average Bonchev–Trinajstić information content (AvgIpc) is 3.56. The second-order valence-electron chi connectivity index (χ2n) is 13.3. The number of benzene rings is 3. The van der Waals surface area contributed by atoms with Crippen LogP contribution in [0.2, 0.25) is 0 Å². The predicted octanol–water partition coefficient (Wildman–Crippen LogP) is 7.01. The molecular formula is C39H43N5O5S. The van der Waals surface area contributed by atoms with Crippen LogP contribution in [-0.4, -0.2) is 44.4 Å². The maximum Gasteiger partial charge on any atom is 0.265 e. The van der Waals surface area contributed by atoms with Crippen LogP contribution in [0.1, 0.15) is 62.4 Å². The summed E-state index contributed by atoms with van der Waals surface area (Å²) in [5, 5.41) is 17.4. The van der Waals surface area contributed by atoms with Crippen LogP contribution in [0, 0.1) is 11.8 Å². The monoisotopic (exact) mass is 693 g/mol. The molecular weight excluding hydrogens is 651 g/mol. The second-order valence-corrected chi connectivity index (χ2v) is 15.8. The van der Waals surface area contributed by atoms with Crippen molar-refractivity contribution in [3.8, 4) is 28.5 Å². The molecule has 1 aliphatic carbocycles. The number of aryl methyl sites for hydroxylation is 1. The highest BCUT2D eigenvalue weighted by atomic mass is 32.2. The van der Waals surface area contributed by atoms with Crippen LogP contribution in [0.25, 0.3) is 11.1 Å². The lowest BCUT2D eigenvalue weighted by atomic mass is 9.72. The number of carbonyl (C=O) groups is 1. The summed E-state index contributed by atoms with van der Waals surface area (Å²) in [6.45, 7) is 3.69. The van der Waals surface area contributed by atoms with Gasteiger partial charge in [0.15, 0.2) is 15.6 Å². The van der Waals surface area contributed by atoms with Crippen molar-refractivity contribution < 1.29 is 23.1 Å². The number of hydrogen-bond acceptors (Lipinski definition) is 8. The topological polar surface area (TPSA) is 136 Å². The van der Waals surface area contributed by atoms with Gasteiger partial charge in [-0.1, -0.05) is 66.7 Å². The van der Waals surface area contributed by atoms with Crippen molar-refractivity contribution in [3.63, 3.8) is 0 Å². The third-order valence-corrected chi connectivity index (χ3v) is 11.7. The molecule has 50 heavy (non-hydrogen) atoms. The van der Waals surface area contributed by atoms with Crippen molar-refractivity contribution in [1.82, 2.24) is 25.1 Å². The SMILES string of the molecule is CC(C)S(=O)(=O)c1ccccc1Oc1nc(C[C@H]2CC[C@H](C(C(=O)NCc3ccccc3)c3ccc(-c4cnn(C)c4)cc3)CC2)ncc1O. The predicted molar refractivity (Wildman–Crippen MR) is 191 cm³/mol. The maximum absolute atomic E-state index is 13.9. The summed E-state index contributed by atoms with van der Waals surface area (Å²) in [4.78, 5) is 22.8. The lowest BCUT2D eigenvalue weighted by Gasteiger charge is -2.33. The fourth-order valence-electron chi connectivity index (χ4n) is 6.67. The smallest absolute Gasteiger partial charge is 0.265 e. The molecule has 0 saturated heterocycles. The van der Waals surface area contributed by atoms with Crippen molar-refractivity contribution in [2.24, 2.45) is 18.9 Å². The number of nitrogens with zero attached hydrogens (tertiary/aromatic N) is 4. The standard InChI is InChI=1S/C39H43N5O5S/c1-26(2)50(47,48)35-12-8-7-11-34(35)49-39-33(45)24-40-36(43-39)21-27-13-15-30(16-14-27)37(38(46)41-22-28-9-5-4-6-10-28)31-19-17-29(18-20-31)32-23-42-44(3)25-32/h4-12,17-20,23-27,30,37,45H,13-16,21-22H2,1-3H3,(H,41,46)/t27-,30-,37?. The minimum absolute atomic E-state index is 0.0230. The van der Waals surface area contributed by atoms with E-state index in [0.29, 0.717) is 18.8 Å². The number of carbonyl (C=O) groups excluding carboxylic acids is 1. The number of para-hydroxylation sites is 1. The normalized spacial score (nSPS) is 17.0. The van der Waals surface area contributed by atoms with E-state index in [1.165, 1.54) is 12.3 Å². The summed E-state index contributed by atoms with van der Waals surface area (Å²) in [5.74, 6) is 0.418. The summed E-state index contributed by atoms with van der Waals surface area (Å²) in [7, 11) is -1.73. The van der Waals surface area contributed by atoms with Gasteiger partial charge in [0.2, 0.25) is 5.91 Å². The summed E-state index contributed by atoms with van der Waals surface area (Å²) >= 11 is 0. The molecule has 1 saturated carbocycles. The number of amides is 1. The largest absolute Gasteiger partial charge is 0.502 e. The van der Waals surface area contributed by atoms with E-state index in [9.17, 15) is 18.3 Å². The number of rotatable bonds is 12. The molecule has 1 amide bonds. The zero-order chi connectivity index (χ0) is 35.3. The Labute approximate surface area is 293 Å². The van der Waals surface area contributed by atoms with Gasteiger partial charge in [0.1, 0.15) is 16.5 Å². The van der Waals surface area contributed by atoms with E-state index >= 15 is 0 Å². The highest BCUT2D eigenvalue weighted by molar-refractivity contribution is 7.92. The van der Waals surface area contributed by atoms with Crippen molar-refractivity contribution in [3.05, 3.63) is 114 Å². The van der Waals surface area contributed by atoms with Crippen molar-refractivity contribution in [1.29, 1.82) is 0 Å². The molecule has 2 aromatic heterocycles. The van der Waals surface area contributed by atoms with E-state index in [1.807, 2.05) is 49.8 Å². The van der Waals surface area contributed by atoms with E-state index in [-0.39, 0.29) is 45.9 Å². The Morgan fingerprint density at radius 1 is 0.940 bits per heavy atom. The maximum atomic E-state index is 13.9. The third-order valence-electron chi connectivity index (χ3n) is 9.50. The minimum atomic E-state index is -3.63. The van der Waals surface area contributed by atoms with Crippen molar-refractivity contribution in [2.75, 3.05) is 0 Å². The van der Waals surface area contributed by atoms with Crippen molar-refractivity contribution >= 4 is 15.7 Å². The van der Waals surface area contributed by atoms with Crippen LogP contribution >= 0.6 is 0 Å². The minimum Gasteiger partial charge on any atom is -0.502 e. The Bertz CT molecular complexity index is 2020. The summed E-state index contributed by atoms with van der Waals surface area (Å²) in [6.07, 6.45) is 9.17. The molecule has 6 rings (SSSR count). The molecule has 0 bridgehead atoms. The van der Waals surface area contributed by atoms with Crippen LogP contribution in [-0.2, 0) is 34.6 Å². The Morgan fingerprint density at radius 3 is 2.32 bits per heavy atom. The third kappa shape index (κ3) is 8.05. The van der Waals surface area contributed by atoms with Crippen LogP contribution in [0.15, 0.2) is 102 Å². The molecule has 1 unspecified atom stereocenters. The summed E-state index contributed by atoms with van der Waals surface area (Å²) < 4.78 is 33.5. The Balaban J connectivity index is 1.15. The fourth-order valence-corrected chi connectivity index (χ4v) is 7.83. The number of nitrogens with one attached hydrogen (secondary N) is 1. The Kier molecular flexibility index (Phi) is 10.6. The molecule has 2 heterocycles.